The molecule has 3 rings (SSSR count). The van der Waals surface area contributed by atoms with E-state index < -0.39 is 0 Å². The Labute approximate surface area is 111 Å². The Bertz CT molecular complexity index is 511. The summed E-state index contributed by atoms with van der Waals surface area (Å²) in [6.45, 7) is 0.515. The first-order valence-electron chi connectivity index (χ1n) is 6.29. The van der Waals surface area contributed by atoms with E-state index in [0.29, 0.717) is 19.4 Å². The van der Waals surface area contributed by atoms with E-state index in [-0.39, 0.29) is 24.0 Å². The van der Waals surface area contributed by atoms with Crippen LogP contribution in [0.5, 0.6) is 5.75 Å². The monoisotopic (exact) mass is 261 g/mol. The largest absolute Gasteiger partial charge is 0.497 e. The third kappa shape index (κ3) is 2.16. The summed E-state index contributed by atoms with van der Waals surface area (Å²) in [7, 11) is 1.62. The molecule has 0 saturated carbocycles. The molecule has 19 heavy (non-hydrogen) atoms. The SMILES string of the molecule is COc1ccc(CN2C(=O)C[C@H]3OC(=O)CC32)cc1. The van der Waals surface area contributed by atoms with Crippen LogP contribution in [-0.2, 0) is 20.9 Å². The molecular weight excluding hydrogens is 246 g/mol. The highest BCUT2D eigenvalue weighted by atomic mass is 16.6. The summed E-state index contributed by atoms with van der Waals surface area (Å²) in [5, 5.41) is 0. The van der Waals surface area contributed by atoms with Crippen molar-refractivity contribution in [2.75, 3.05) is 7.11 Å². The minimum Gasteiger partial charge on any atom is -0.497 e. The summed E-state index contributed by atoms with van der Waals surface area (Å²) in [6, 6.07) is 7.49. The Hall–Kier alpha value is -2.04. The summed E-state index contributed by atoms with van der Waals surface area (Å²) >= 11 is 0. The predicted molar refractivity (Wildman–Crippen MR) is 66.4 cm³/mol. The zero-order valence-corrected chi connectivity index (χ0v) is 10.7. The number of rotatable bonds is 3. The average Bonchev–Trinajstić information content (AvgIpc) is 2.88. The van der Waals surface area contributed by atoms with Gasteiger partial charge in [0.05, 0.1) is 26.0 Å². The molecular formula is C14H15NO4. The number of likely N-dealkylation sites (tertiary alicyclic amines) is 1. The Morgan fingerprint density at radius 3 is 2.68 bits per heavy atom. The van der Waals surface area contributed by atoms with Crippen molar-refractivity contribution in [2.24, 2.45) is 0 Å². The van der Waals surface area contributed by atoms with Gasteiger partial charge in [-0.1, -0.05) is 12.1 Å². The van der Waals surface area contributed by atoms with Gasteiger partial charge in [0, 0.05) is 6.54 Å². The van der Waals surface area contributed by atoms with Crippen molar-refractivity contribution in [3.05, 3.63) is 29.8 Å². The predicted octanol–water partition coefficient (Wildman–Crippen LogP) is 1.11. The first kappa shape index (κ1) is 12.0. The van der Waals surface area contributed by atoms with Crippen LogP contribution in [0.15, 0.2) is 24.3 Å². The Kier molecular flexibility index (Phi) is 2.89. The lowest BCUT2D eigenvalue weighted by Crippen LogP contribution is -2.34. The summed E-state index contributed by atoms with van der Waals surface area (Å²) in [5.41, 5.74) is 1.02. The fraction of sp³-hybridized carbons (Fsp3) is 0.429. The molecule has 2 aliphatic rings. The molecule has 1 aromatic carbocycles. The van der Waals surface area contributed by atoms with Crippen LogP contribution in [0.25, 0.3) is 0 Å². The van der Waals surface area contributed by atoms with Gasteiger partial charge in [-0.15, -0.1) is 0 Å². The van der Waals surface area contributed by atoms with Crippen molar-refractivity contribution >= 4 is 11.9 Å². The first-order valence-corrected chi connectivity index (χ1v) is 6.29. The molecule has 2 fully saturated rings. The first-order chi connectivity index (χ1) is 9.17. The summed E-state index contributed by atoms with van der Waals surface area (Å²) in [4.78, 5) is 24.9. The molecule has 5 heteroatoms. The maximum atomic E-state index is 11.9. The lowest BCUT2D eigenvalue weighted by atomic mass is 10.1. The molecule has 2 aliphatic heterocycles. The minimum absolute atomic E-state index is 0.0540. The van der Waals surface area contributed by atoms with Gasteiger partial charge in [0.15, 0.2) is 0 Å². The molecule has 1 unspecified atom stereocenters. The second kappa shape index (κ2) is 4.57. The molecule has 2 heterocycles. The van der Waals surface area contributed by atoms with Crippen LogP contribution in [0.1, 0.15) is 18.4 Å². The van der Waals surface area contributed by atoms with Crippen molar-refractivity contribution in [1.29, 1.82) is 0 Å². The number of amides is 1. The number of carbonyl (C=O) groups excluding carboxylic acids is 2. The number of benzene rings is 1. The van der Waals surface area contributed by atoms with Gasteiger partial charge in [-0.3, -0.25) is 9.59 Å². The van der Waals surface area contributed by atoms with Gasteiger partial charge < -0.3 is 14.4 Å². The van der Waals surface area contributed by atoms with Crippen molar-refractivity contribution in [3.63, 3.8) is 0 Å². The molecule has 0 bridgehead atoms. The standard InChI is InChI=1S/C14H15NO4/c1-18-10-4-2-9(3-5-10)8-15-11-6-14(17)19-12(11)7-13(15)16/h2-5,11-12H,6-8H2,1H3/t11?,12-/m1/s1. The van der Waals surface area contributed by atoms with Crippen LogP contribution < -0.4 is 4.74 Å². The molecule has 2 atom stereocenters. The van der Waals surface area contributed by atoms with E-state index >= 15 is 0 Å². The van der Waals surface area contributed by atoms with Crippen LogP contribution in [0, 0.1) is 0 Å². The summed E-state index contributed by atoms with van der Waals surface area (Å²) < 4.78 is 10.2. The number of esters is 1. The number of hydrogen-bond donors (Lipinski definition) is 0. The highest BCUT2D eigenvalue weighted by Crippen LogP contribution is 2.32. The van der Waals surface area contributed by atoms with Crippen LogP contribution >= 0.6 is 0 Å². The fourth-order valence-corrected chi connectivity index (χ4v) is 2.69. The molecule has 0 radical (unpaired) electrons. The summed E-state index contributed by atoms with van der Waals surface area (Å²) in [6.07, 6.45) is 0.373. The highest BCUT2D eigenvalue weighted by Gasteiger charge is 2.47. The summed E-state index contributed by atoms with van der Waals surface area (Å²) in [5.74, 6) is 0.634. The van der Waals surface area contributed by atoms with Crippen molar-refractivity contribution < 1.29 is 19.1 Å². The Morgan fingerprint density at radius 1 is 1.26 bits per heavy atom. The normalized spacial score (nSPS) is 25.4. The molecule has 5 nitrogen and oxygen atoms in total. The van der Waals surface area contributed by atoms with Crippen LogP contribution in [-0.4, -0.2) is 36.0 Å². The third-order valence-corrected chi connectivity index (χ3v) is 3.70. The topological polar surface area (TPSA) is 55.8 Å². The highest BCUT2D eigenvalue weighted by molar-refractivity contribution is 5.84. The van der Waals surface area contributed by atoms with Crippen LogP contribution in [0.2, 0.25) is 0 Å². The Balaban J connectivity index is 1.74. The van der Waals surface area contributed by atoms with Gasteiger partial charge in [-0.25, -0.2) is 0 Å². The van der Waals surface area contributed by atoms with E-state index in [2.05, 4.69) is 0 Å². The minimum atomic E-state index is -0.252. The van der Waals surface area contributed by atoms with Crippen LogP contribution in [0.3, 0.4) is 0 Å². The molecule has 0 spiro atoms. The zero-order chi connectivity index (χ0) is 13.4. The molecule has 100 valence electrons. The maximum absolute atomic E-state index is 11.9. The average molecular weight is 261 g/mol. The number of ether oxygens (including phenoxy) is 2. The van der Waals surface area contributed by atoms with E-state index in [0.717, 1.165) is 11.3 Å². The smallest absolute Gasteiger partial charge is 0.308 e. The zero-order valence-electron chi connectivity index (χ0n) is 10.7. The molecule has 2 saturated heterocycles. The maximum Gasteiger partial charge on any atom is 0.308 e. The fourth-order valence-electron chi connectivity index (χ4n) is 2.69. The van der Waals surface area contributed by atoms with E-state index in [1.165, 1.54) is 0 Å². The molecule has 0 N–H and O–H groups in total. The van der Waals surface area contributed by atoms with Crippen molar-refractivity contribution in [2.45, 2.75) is 31.5 Å². The number of nitrogens with zero attached hydrogens (tertiary/aromatic N) is 1. The van der Waals surface area contributed by atoms with Crippen LogP contribution in [0.4, 0.5) is 0 Å². The van der Waals surface area contributed by atoms with E-state index in [9.17, 15) is 9.59 Å². The quantitative estimate of drug-likeness (QED) is 0.765. The van der Waals surface area contributed by atoms with Gasteiger partial charge in [-0.05, 0) is 17.7 Å². The van der Waals surface area contributed by atoms with E-state index in [1.54, 1.807) is 12.0 Å². The van der Waals surface area contributed by atoms with Gasteiger partial charge in [0.2, 0.25) is 5.91 Å². The van der Waals surface area contributed by atoms with E-state index in [4.69, 9.17) is 9.47 Å². The number of hydrogen-bond acceptors (Lipinski definition) is 4. The lowest BCUT2D eigenvalue weighted by molar-refractivity contribution is -0.142. The molecule has 1 amide bonds. The van der Waals surface area contributed by atoms with Gasteiger partial charge in [0.1, 0.15) is 11.9 Å². The molecule has 0 aromatic heterocycles. The molecule has 1 aromatic rings. The van der Waals surface area contributed by atoms with Gasteiger partial charge >= 0.3 is 5.97 Å². The number of fused-ring (bicyclic) bond motifs is 1. The third-order valence-electron chi connectivity index (χ3n) is 3.70. The molecule has 0 aliphatic carbocycles. The van der Waals surface area contributed by atoms with E-state index in [1.807, 2.05) is 24.3 Å². The second-order valence-electron chi connectivity index (χ2n) is 4.87. The number of carbonyl (C=O) groups is 2. The van der Waals surface area contributed by atoms with Crippen molar-refractivity contribution in [1.82, 2.24) is 4.90 Å². The lowest BCUT2D eigenvalue weighted by Gasteiger charge is -2.22. The van der Waals surface area contributed by atoms with Gasteiger partial charge in [-0.2, -0.15) is 0 Å². The second-order valence-corrected chi connectivity index (χ2v) is 4.87. The number of methoxy groups -OCH3 is 1. The Morgan fingerprint density at radius 2 is 2.00 bits per heavy atom. The van der Waals surface area contributed by atoms with Gasteiger partial charge in [0.25, 0.3) is 0 Å². The van der Waals surface area contributed by atoms with Crippen molar-refractivity contribution in [3.8, 4) is 5.75 Å².